The van der Waals surface area contributed by atoms with Crippen LogP contribution < -0.4 is 5.32 Å². The van der Waals surface area contributed by atoms with Crippen LogP contribution in [0.15, 0.2) is 40.0 Å². The van der Waals surface area contributed by atoms with Gasteiger partial charge in [0.15, 0.2) is 0 Å². The van der Waals surface area contributed by atoms with E-state index in [1.165, 1.54) is 5.56 Å². The monoisotopic (exact) mass is 371 g/mol. The van der Waals surface area contributed by atoms with Crippen molar-refractivity contribution in [2.24, 2.45) is 0 Å². The Hall–Kier alpha value is -0.780. The zero-order valence-corrected chi connectivity index (χ0v) is 14.2. The standard InChI is InChI=1S/C14H15BrClN3S/c1-2-7-17-14-18-8-12(15)13(19-14)20-9-10-3-5-11(16)6-4-10/h3-6,8H,2,7,9H2,1H3,(H,17,18,19). The molecule has 0 saturated carbocycles. The molecular weight excluding hydrogens is 358 g/mol. The molecule has 106 valence electrons. The van der Waals surface area contributed by atoms with Gasteiger partial charge in [0.05, 0.1) is 4.47 Å². The van der Waals surface area contributed by atoms with Crippen molar-refractivity contribution < 1.29 is 0 Å². The molecule has 6 heteroatoms. The first-order valence-corrected chi connectivity index (χ1v) is 8.48. The quantitative estimate of drug-likeness (QED) is 0.571. The average Bonchev–Trinajstić information content (AvgIpc) is 2.46. The van der Waals surface area contributed by atoms with Crippen molar-refractivity contribution in [2.75, 3.05) is 11.9 Å². The molecule has 1 aromatic carbocycles. The summed E-state index contributed by atoms with van der Waals surface area (Å²) in [6.07, 6.45) is 2.84. The molecule has 0 fully saturated rings. The maximum Gasteiger partial charge on any atom is 0.223 e. The molecule has 0 amide bonds. The van der Waals surface area contributed by atoms with Gasteiger partial charge in [0.25, 0.3) is 0 Å². The zero-order valence-electron chi connectivity index (χ0n) is 11.1. The highest BCUT2D eigenvalue weighted by Gasteiger charge is 2.06. The van der Waals surface area contributed by atoms with E-state index >= 15 is 0 Å². The number of hydrogen-bond donors (Lipinski definition) is 1. The Morgan fingerprint density at radius 2 is 2.05 bits per heavy atom. The molecule has 0 unspecified atom stereocenters. The van der Waals surface area contributed by atoms with Crippen molar-refractivity contribution in [3.05, 3.63) is 45.5 Å². The average molecular weight is 373 g/mol. The van der Waals surface area contributed by atoms with E-state index in [9.17, 15) is 0 Å². The second kappa shape index (κ2) is 7.86. The summed E-state index contributed by atoms with van der Waals surface area (Å²) < 4.78 is 0.915. The lowest BCUT2D eigenvalue weighted by Crippen LogP contribution is -2.04. The molecule has 0 aliphatic heterocycles. The molecule has 1 heterocycles. The van der Waals surface area contributed by atoms with Crippen LogP contribution in [0.2, 0.25) is 5.02 Å². The van der Waals surface area contributed by atoms with Gasteiger partial charge < -0.3 is 5.32 Å². The van der Waals surface area contributed by atoms with Crippen LogP contribution in [0.25, 0.3) is 0 Å². The summed E-state index contributed by atoms with van der Waals surface area (Å²) in [5.41, 5.74) is 1.22. The highest BCUT2D eigenvalue weighted by atomic mass is 79.9. The van der Waals surface area contributed by atoms with E-state index in [0.717, 1.165) is 33.2 Å². The summed E-state index contributed by atoms with van der Waals surface area (Å²) in [4.78, 5) is 8.75. The molecule has 0 aliphatic carbocycles. The second-order valence-corrected chi connectivity index (χ2v) is 6.44. The lowest BCUT2D eigenvalue weighted by Gasteiger charge is -2.07. The van der Waals surface area contributed by atoms with Crippen LogP contribution in [-0.2, 0) is 5.75 Å². The molecule has 20 heavy (non-hydrogen) atoms. The van der Waals surface area contributed by atoms with Gasteiger partial charge in [0.1, 0.15) is 5.03 Å². The van der Waals surface area contributed by atoms with Crippen LogP contribution in [0.3, 0.4) is 0 Å². The number of hydrogen-bond acceptors (Lipinski definition) is 4. The molecular formula is C14H15BrClN3S. The number of nitrogens with zero attached hydrogens (tertiary/aromatic N) is 2. The first-order chi connectivity index (χ1) is 9.69. The largest absolute Gasteiger partial charge is 0.354 e. The third-order valence-corrected chi connectivity index (χ3v) is 4.69. The van der Waals surface area contributed by atoms with Gasteiger partial charge in [-0.1, -0.05) is 30.7 Å². The van der Waals surface area contributed by atoms with Crippen LogP contribution in [0.4, 0.5) is 5.95 Å². The Balaban J connectivity index is 2.02. The molecule has 0 atom stereocenters. The smallest absolute Gasteiger partial charge is 0.223 e. The maximum atomic E-state index is 5.88. The molecule has 1 N–H and O–H groups in total. The Morgan fingerprint density at radius 3 is 2.75 bits per heavy atom. The number of benzene rings is 1. The highest BCUT2D eigenvalue weighted by molar-refractivity contribution is 9.10. The number of anilines is 1. The van der Waals surface area contributed by atoms with Gasteiger partial charge in [0.2, 0.25) is 5.95 Å². The molecule has 3 nitrogen and oxygen atoms in total. The summed E-state index contributed by atoms with van der Waals surface area (Å²) in [6.45, 7) is 2.99. The maximum absolute atomic E-state index is 5.88. The molecule has 0 radical (unpaired) electrons. The summed E-state index contributed by atoms with van der Waals surface area (Å²) >= 11 is 11.0. The van der Waals surface area contributed by atoms with Gasteiger partial charge in [-0.3, -0.25) is 0 Å². The molecule has 0 saturated heterocycles. The van der Waals surface area contributed by atoms with E-state index < -0.39 is 0 Å². The van der Waals surface area contributed by atoms with Gasteiger partial charge >= 0.3 is 0 Å². The number of aromatic nitrogens is 2. The van der Waals surface area contributed by atoms with E-state index in [2.05, 4.69) is 38.1 Å². The van der Waals surface area contributed by atoms with Gasteiger partial charge in [-0.15, -0.1) is 11.8 Å². The number of halogens is 2. The first kappa shape index (κ1) is 15.6. The van der Waals surface area contributed by atoms with Crippen LogP contribution >= 0.6 is 39.3 Å². The fourth-order valence-corrected chi connectivity index (χ4v) is 3.00. The summed E-state index contributed by atoms with van der Waals surface area (Å²) in [6, 6.07) is 7.86. The highest BCUT2D eigenvalue weighted by Crippen LogP contribution is 2.28. The lowest BCUT2D eigenvalue weighted by molar-refractivity contribution is 0.930. The second-order valence-electron chi connectivity index (χ2n) is 4.19. The van der Waals surface area contributed by atoms with Crippen molar-refractivity contribution in [3.8, 4) is 0 Å². The van der Waals surface area contributed by atoms with Gasteiger partial charge in [-0.05, 0) is 40.0 Å². The third kappa shape index (κ3) is 4.65. The predicted molar refractivity (Wildman–Crippen MR) is 89.5 cm³/mol. The van der Waals surface area contributed by atoms with Crippen LogP contribution in [0.1, 0.15) is 18.9 Å². The normalized spacial score (nSPS) is 10.6. The van der Waals surface area contributed by atoms with Crippen molar-refractivity contribution in [1.29, 1.82) is 0 Å². The molecule has 2 rings (SSSR count). The SMILES string of the molecule is CCCNc1ncc(Br)c(SCc2ccc(Cl)cc2)n1. The van der Waals surface area contributed by atoms with E-state index in [-0.39, 0.29) is 0 Å². The first-order valence-electron chi connectivity index (χ1n) is 6.32. The van der Waals surface area contributed by atoms with E-state index in [0.29, 0.717) is 5.95 Å². The fraction of sp³-hybridized carbons (Fsp3) is 0.286. The van der Waals surface area contributed by atoms with Gasteiger partial charge in [0, 0.05) is 23.5 Å². The van der Waals surface area contributed by atoms with E-state index in [1.807, 2.05) is 24.3 Å². The Labute approximate surface area is 136 Å². The molecule has 0 spiro atoms. The molecule has 2 aromatic rings. The van der Waals surface area contributed by atoms with Gasteiger partial charge in [-0.25, -0.2) is 9.97 Å². The van der Waals surface area contributed by atoms with E-state index in [1.54, 1.807) is 18.0 Å². The lowest BCUT2D eigenvalue weighted by atomic mass is 10.2. The fourth-order valence-electron chi connectivity index (χ4n) is 1.51. The Morgan fingerprint density at radius 1 is 1.30 bits per heavy atom. The summed E-state index contributed by atoms with van der Waals surface area (Å²) in [5.74, 6) is 1.52. The topological polar surface area (TPSA) is 37.8 Å². The van der Waals surface area contributed by atoms with Crippen LogP contribution in [0.5, 0.6) is 0 Å². The molecule has 1 aromatic heterocycles. The number of rotatable bonds is 6. The summed E-state index contributed by atoms with van der Waals surface area (Å²) in [7, 11) is 0. The van der Waals surface area contributed by atoms with Crippen LogP contribution in [-0.4, -0.2) is 16.5 Å². The van der Waals surface area contributed by atoms with E-state index in [4.69, 9.17) is 11.6 Å². The number of nitrogens with one attached hydrogen (secondary N) is 1. The molecule has 0 bridgehead atoms. The van der Waals surface area contributed by atoms with Crippen LogP contribution in [0, 0.1) is 0 Å². The predicted octanol–water partition coefficient (Wildman–Crippen LogP) is 5.01. The van der Waals surface area contributed by atoms with Crippen molar-refractivity contribution >= 4 is 45.2 Å². The summed E-state index contributed by atoms with van der Waals surface area (Å²) in [5, 5.41) is 4.89. The Bertz CT molecular complexity index is 563. The van der Waals surface area contributed by atoms with Gasteiger partial charge in [-0.2, -0.15) is 0 Å². The number of thioether (sulfide) groups is 1. The zero-order chi connectivity index (χ0) is 14.4. The molecule has 0 aliphatic rings. The van der Waals surface area contributed by atoms with Crippen molar-refractivity contribution in [2.45, 2.75) is 24.1 Å². The minimum absolute atomic E-state index is 0.675. The minimum Gasteiger partial charge on any atom is -0.354 e. The minimum atomic E-state index is 0.675. The van der Waals surface area contributed by atoms with Crippen molar-refractivity contribution in [1.82, 2.24) is 9.97 Å². The van der Waals surface area contributed by atoms with Crippen molar-refractivity contribution in [3.63, 3.8) is 0 Å². The third-order valence-electron chi connectivity index (χ3n) is 2.53. The Kier molecular flexibility index (Phi) is 6.13.